The fourth-order valence-corrected chi connectivity index (χ4v) is 2.92. The van der Waals surface area contributed by atoms with E-state index < -0.39 is 0 Å². The van der Waals surface area contributed by atoms with Gasteiger partial charge in [0.25, 0.3) is 5.91 Å². The first-order valence-electron chi connectivity index (χ1n) is 5.61. The summed E-state index contributed by atoms with van der Waals surface area (Å²) in [7, 11) is 0. The van der Waals surface area contributed by atoms with E-state index in [1.807, 2.05) is 12.1 Å². The summed E-state index contributed by atoms with van der Waals surface area (Å²) >= 11 is 4.99. The fourth-order valence-electron chi connectivity index (χ4n) is 1.57. The zero-order valence-electron chi connectivity index (χ0n) is 10.0. The topological polar surface area (TPSA) is 83.6 Å². The smallest absolute Gasteiger partial charge is 0.277 e. The van der Waals surface area contributed by atoms with E-state index in [1.165, 1.54) is 18.6 Å². The lowest BCUT2D eigenvalue weighted by atomic mass is 10.3. The van der Waals surface area contributed by atoms with Gasteiger partial charge in [0.05, 0.1) is 20.6 Å². The summed E-state index contributed by atoms with van der Waals surface area (Å²) in [5.74, 6) is 0.101. The molecule has 2 N–H and O–H groups in total. The Morgan fingerprint density at radius 1 is 1.35 bits per heavy atom. The number of rotatable bonds is 3. The number of thiophene rings is 1. The number of hydrogen-bond acceptors (Lipinski definition) is 5. The number of carbonyl (C=O) groups is 1. The largest absolute Gasteiger partial charge is 0.304 e. The first-order valence-corrected chi connectivity index (χ1v) is 7.22. The third-order valence-electron chi connectivity index (χ3n) is 2.45. The molecule has 0 aromatic carbocycles. The molecule has 0 radical (unpaired) electrons. The van der Waals surface area contributed by atoms with Crippen LogP contribution in [-0.4, -0.2) is 26.1 Å². The third-order valence-corrected chi connectivity index (χ3v) is 4.11. The molecule has 0 bridgehead atoms. The van der Waals surface area contributed by atoms with Gasteiger partial charge in [-0.05, 0) is 28.1 Å². The molecule has 0 atom stereocenters. The maximum absolute atomic E-state index is 11.9. The maximum atomic E-state index is 11.9. The number of H-pyrrole nitrogens is 1. The van der Waals surface area contributed by atoms with Gasteiger partial charge in [-0.15, -0.1) is 11.3 Å². The first-order chi connectivity index (χ1) is 9.72. The molecular weight excluding hydrogens is 342 g/mol. The molecule has 3 rings (SSSR count). The molecule has 3 heterocycles. The molecule has 6 nitrogen and oxygen atoms in total. The average molecular weight is 350 g/mol. The summed E-state index contributed by atoms with van der Waals surface area (Å²) in [6, 6.07) is 5.70. The minimum Gasteiger partial charge on any atom is -0.304 e. The van der Waals surface area contributed by atoms with Crippen molar-refractivity contribution in [1.29, 1.82) is 0 Å². The first kappa shape index (κ1) is 12.9. The summed E-state index contributed by atoms with van der Waals surface area (Å²) in [5, 5.41) is 9.60. The van der Waals surface area contributed by atoms with E-state index in [2.05, 4.69) is 41.4 Å². The van der Waals surface area contributed by atoms with E-state index >= 15 is 0 Å². The second kappa shape index (κ2) is 5.51. The molecule has 0 aliphatic heterocycles. The van der Waals surface area contributed by atoms with Crippen molar-refractivity contribution in [3.8, 4) is 10.6 Å². The Balaban J connectivity index is 1.76. The number of aromatic nitrogens is 4. The Bertz CT molecular complexity index is 739. The van der Waals surface area contributed by atoms with Gasteiger partial charge >= 0.3 is 0 Å². The van der Waals surface area contributed by atoms with E-state index in [1.54, 1.807) is 17.4 Å². The fraction of sp³-hybridized carbons (Fsp3) is 0. The highest BCUT2D eigenvalue weighted by Crippen LogP contribution is 2.30. The summed E-state index contributed by atoms with van der Waals surface area (Å²) in [6.45, 7) is 0. The van der Waals surface area contributed by atoms with Gasteiger partial charge in [-0.25, -0.2) is 4.98 Å². The summed E-state index contributed by atoms with van der Waals surface area (Å²) in [4.78, 5) is 20.7. The van der Waals surface area contributed by atoms with Crippen LogP contribution in [0.15, 0.2) is 40.6 Å². The maximum Gasteiger partial charge on any atom is 0.277 e. The minimum absolute atomic E-state index is 0.246. The normalized spacial score (nSPS) is 10.4. The average Bonchev–Trinajstić information content (AvgIpc) is 3.09. The molecule has 0 fully saturated rings. The van der Waals surface area contributed by atoms with Crippen LogP contribution in [0.5, 0.6) is 0 Å². The number of amides is 1. The third kappa shape index (κ3) is 2.75. The Morgan fingerprint density at radius 3 is 2.95 bits per heavy atom. The molecule has 1 amide bonds. The zero-order valence-corrected chi connectivity index (χ0v) is 12.4. The zero-order chi connectivity index (χ0) is 13.9. The molecule has 0 saturated carbocycles. The van der Waals surface area contributed by atoms with E-state index in [9.17, 15) is 4.79 Å². The van der Waals surface area contributed by atoms with Crippen molar-refractivity contribution >= 4 is 39.0 Å². The second-order valence-corrected chi connectivity index (χ2v) is 6.28. The Kier molecular flexibility index (Phi) is 3.57. The van der Waals surface area contributed by atoms with Crippen LogP contribution in [0.4, 0.5) is 5.82 Å². The van der Waals surface area contributed by atoms with Crippen LogP contribution in [0.25, 0.3) is 10.6 Å². The summed E-state index contributed by atoms with van der Waals surface area (Å²) in [6.07, 6.45) is 4.38. The molecule has 3 aromatic heterocycles. The SMILES string of the molecule is O=C(Nc1cc(-c2ccc(Br)s2)[nH]n1)c1cnccn1. The molecule has 0 aliphatic rings. The predicted molar refractivity (Wildman–Crippen MR) is 79.6 cm³/mol. The lowest BCUT2D eigenvalue weighted by molar-refractivity contribution is 0.102. The van der Waals surface area contributed by atoms with Crippen molar-refractivity contribution in [2.45, 2.75) is 0 Å². The monoisotopic (exact) mass is 349 g/mol. The van der Waals surface area contributed by atoms with Crippen LogP contribution in [0, 0.1) is 0 Å². The minimum atomic E-state index is -0.344. The van der Waals surface area contributed by atoms with Crippen LogP contribution in [0.2, 0.25) is 0 Å². The summed E-state index contributed by atoms with van der Waals surface area (Å²) < 4.78 is 1.03. The summed E-state index contributed by atoms with van der Waals surface area (Å²) in [5.41, 5.74) is 1.09. The highest BCUT2D eigenvalue weighted by molar-refractivity contribution is 9.11. The molecule has 100 valence electrons. The number of halogens is 1. The van der Waals surface area contributed by atoms with Crippen molar-refractivity contribution < 1.29 is 4.79 Å². The highest BCUT2D eigenvalue weighted by atomic mass is 79.9. The molecular formula is C12H8BrN5OS. The lowest BCUT2D eigenvalue weighted by Gasteiger charge is -1.98. The van der Waals surface area contributed by atoms with Crippen LogP contribution < -0.4 is 5.32 Å². The van der Waals surface area contributed by atoms with Crippen LogP contribution in [0.3, 0.4) is 0 Å². The Labute approximate surface area is 126 Å². The molecule has 20 heavy (non-hydrogen) atoms. The van der Waals surface area contributed by atoms with Crippen LogP contribution >= 0.6 is 27.3 Å². The number of aromatic amines is 1. The van der Waals surface area contributed by atoms with Crippen LogP contribution in [-0.2, 0) is 0 Å². The van der Waals surface area contributed by atoms with Gasteiger partial charge in [-0.1, -0.05) is 0 Å². The number of hydrogen-bond donors (Lipinski definition) is 2. The van der Waals surface area contributed by atoms with Gasteiger partial charge in [0, 0.05) is 18.5 Å². The van der Waals surface area contributed by atoms with Gasteiger partial charge < -0.3 is 5.32 Å². The van der Waals surface area contributed by atoms with Gasteiger partial charge in [-0.2, -0.15) is 5.10 Å². The number of carbonyl (C=O) groups excluding carboxylic acids is 1. The van der Waals surface area contributed by atoms with Gasteiger partial charge in [0.15, 0.2) is 5.82 Å². The second-order valence-electron chi connectivity index (χ2n) is 3.82. The quantitative estimate of drug-likeness (QED) is 0.761. The predicted octanol–water partition coefficient (Wildman–Crippen LogP) is 2.94. The van der Waals surface area contributed by atoms with Gasteiger partial charge in [-0.3, -0.25) is 14.9 Å². The number of anilines is 1. The van der Waals surface area contributed by atoms with E-state index in [0.717, 1.165) is 14.4 Å². The Morgan fingerprint density at radius 2 is 2.25 bits per heavy atom. The molecule has 0 saturated heterocycles. The Hall–Kier alpha value is -2.06. The lowest BCUT2D eigenvalue weighted by Crippen LogP contribution is -2.13. The van der Waals surface area contributed by atoms with E-state index in [4.69, 9.17) is 0 Å². The van der Waals surface area contributed by atoms with Crippen LogP contribution in [0.1, 0.15) is 10.5 Å². The molecule has 0 unspecified atom stereocenters. The van der Waals surface area contributed by atoms with Crippen molar-refractivity contribution in [2.24, 2.45) is 0 Å². The van der Waals surface area contributed by atoms with E-state index in [-0.39, 0.29) is 11.6 Å². The van der Waals surface area contributed by atoms with Gasteiger partial charge in [0.1, 0.15) is 5.69 Å². The standard InChI is InChI=1S/C12H8BrN5OS/c13-10-2-1-9(20-10)7-5-11(18-17-7)16-12(19)8-6-14-3-4-15-8/h1-6H,(H2,16,17,18,19). The highest BCUT2D eigenvalue weighted by Gasteiger charge is 2.11. The van der Waals surface area contributed by atoms with Crippen molar-refractivity contribution in [2.75, 3.05) is 5.32 Å². The van der Waals surface area contributed by atoms with Crippen molar-refractivity contribution in [3.63, 3.8) is 0 Å². The number of nitrogens with zero attached hydrogens (tertiary/aromatic N) is 3. The van der Waals surface area contributed by atoms with E-state index in [0.29, 0.717) is 5.82 Å². The molecule has 3 aromatic rings. The van der Waals surface area contributed by atoms with Crippen molar-refractivity contribution in [1.82, 2.24) is 20.2 Å². The number of nitrogens with one attached hydrogen (secondary N) is 2. The van der Waals surface area contributed by atoms with Crippen molar-refractivity contribution in [3.05, 3.63) is 46.3 Å². The molecule has 8 heteroatoms. The van der Waals surface area contributed by atoms with Gasteiger partial charge in [0.2, 0.25) is 0 Å². The molecule has 0 spiro atoms. The molecule has 0 aliphatic carbocycles.